The number of carbonyl (C=O) groups is 1. The molecule has 1 amide bonds. The van der Waals surface area contributed by atoms with E-state index in [0.717, 1.165) is 0 Å². The third-order valence-electron chi connectivity index (χ3n) is 4.13. The zero-order valence-corrected chi connectivity index (χ0v) is 12.6. The number of aromatic nitrogens is 4. The minimum absolute atomic E-state index is 0.0826. The number of hydrogen-bond acceptors (Lipinski definition) is 5. The number of aromatic amines is 1. The van der Waals surface area contributed by atoms with Crippen molar-refractivity contribution in [3.8, 4) is 0 Å². The van der Waals surface area contributed by atoms with Gasteiger partial charge in [0.1, 0.15) is 17.2 Å². The monoisotopic (exact) mass is 327 g/mol. The van der Waals surface area contributed by atoms with E-state index in [-0.39, 0.29) is 12.2 Å². The fraction of sp³-hybridized carbons (Fsp3) is 0.250. The molecule has 0 radical (unpaired) electrons. The highest BCUT2D eigenvalue weighted by Gasteiger charge is 2.41. The molecule has 1 unspecified atom stereocenters. The summed E-state index contributed by atoms with van der Waals surface area (Å²) in [5.41, 5.74) is -0.0132. The van der Waals surface area contributed by atoms with Gasteiger partial charge in [0.05, 0.1) is 23.2 Å². The lowest BCUT2D eigenvalue weighted by Gasteiger charge is -2.26. The van der Waals surface area contributed by atoms with Crippen molar-refractivity contribution < 1.29 is 13.9 Å². The minimum Gasteiger partial charge on any atom is -0.378 e. The van der Waals surface area contributed by atoms with Gasteiger partial charge in [-0.05, 0) is 6.07 Å². The van der Waals surface area contributed by atoms with Crippen LogP contribution >= 0.6 is 0 Å². The molecule has 3 aromatic rings. The van der Waals surface area contributed by atoms with Crippen LogP contribution in [0.2, 0.25) is 0 Å². The van der Waals surface area contributed by atoms with Crippen molar-refractivity contribution in [2.45, 2.75) is 12.0 Å². The third-order valence-corrected chi connectivity index (χ3v) is 4.13. The van der Waals surface area contributed by atoms with E-state index >= 15 is 0 Å². The van der Waals surface area contributed by atoms with Crippen molar-refractivity contribution in [3.63, 3.8) is 0 Å². The Labute approximate surface area is 136 Å². The van der Waals surface area contributed by atoms with E-state index in [1.807, 2.05) is 0 Å². The molecule has 1 atom stereocenters. The third kappa shape index (κ3) is 2.41. The van der Waals surface area contributed by atoms with Gasteiger partial charge in [0.25, 0.3) is 5.91 Å². The summed E-state index contributed by atoms with van der Waals surface area (Å²) in [5, 5.41) is 2.87. The van der Waals surface area contributed by atoms with Gasteiger partial charge in [0, 0.05) is 43.9 Å². The van der Waals surface area contributed by atoms with Crippen LogP contribution in [0.15, 0.2) is 36.9 Å². The first-order valence-corrected chi connectivity index (χ1v) is 7.48. The number of imidazole rings is 1. The maximum absolute atomic E-state index is 14.3. The van der Waals surface area contributed by atoms with Gasteiger partial charge >= 0.3 is 0 Å². The standard InChI is InChI=1S/C16H14FN5O2/c17-11-8-13-12(18-2-3-19-13)7-10(11)14(23)22-16(1-6-24-9-16)15-20-4-5-21-15/h2-5,7-8H,1,6,9H2,(H,20,21)(H,22,23). The highest BCUT2D eigenvalue weighted by atomic mass is 19.1. The normalized spacial score (nSPS) is 20.4. The first-order valence-electron chi connectivity index (χ1n) is 7.48. The summed E-state index contributed by atoms with van der Waals surface area (Å²) in [6, 6.07) is 2.61. The summed E-state index contributed by atoms with van der Waals surface area (Å²) in [6.45, 7) is 0.772. The maximum atomic E-state index is 14.3. The second-order valence-electron chi connectivity index (χ2n) is 5.65. The number of halogens is 1. The first-order chi connectivity index (χ1) is 11.7. The number of nitrogens with zero attached hydrogens (tertiary/aromatic N) is 3. The Hall–Kier alpha value is -2.87. The van der Waals surface area contributed by atoms with E-state index in [4.69, 9.17) is 4.74 Å². The van der Waals surface area contributed by atoms with E-state index in [1.54, 1.807) is 12.4 Å². The number of nitrogens with one attached hydrogen (secondary N) is 2. The topological polar surface area (TPSA) is 92.8 Å². The van der Waals surface area contributed by atoms with Gasteiger partial charge < -0.3 is 15.0 Å². The van der Waals surface area contributed by atoms with Crippen LogP contribution < -0.4 is 5.32 Å². The van der Waals surface area contributed by atoms with Crippen molar-refractivity contribution >= 4 is 16.9 Å². The van der Waals surface area contributed by atoms with Gasteiger partial charge in [-0.15, -0.1) is 0 Å². The molecule has 24 heavy (non-hydrogen) atoms. The summed E-state index contributed by atoms with van der Waals surface area (Å²) in [4.78, 5) is 28.0. The van der Waals surface area contributed by atoms with Crippen molar-refractivity contribution in [2.75, 3.05) is 13.2 Å². The predicted molar refractivity (Wildman–Crippen MR) is 82.7 cm³/mol. The Morgan fingerprint density at radius 3 is 2.67 bits per heavy atom. The quantitative estimate of drug-likeness (QED) is 0.761. The first kappa shape index (κ1) is 14.7. The smallest absolute Gasteiger partial charge is 0.255 e. The van der Waals surface area contributed by atoms with Crippen LogP contribution in [0, 0.1) is 5.82 Å². The Morgan fingerprint density at radius 2 is 2.00 bits per heavy atom. The van der Waals surface area contributed by atoms with Crippen LogP contribution in [0.3, 0.4) is 0 Å². The molecule has 1 aromatic carbocycles. The van der Waals surface area contributed by atoms with E-state index in [2.05, 4.69) is 25.3 Å². The Balaban J connectivity index is 1.70. The number of hydrogen-bond donors (Lipinski definition) is 2. The molecule has 0 spiro atoms. The number of fused-ring (bicyclic) bond motifs is 1. The minimum atomic E-state index is -0.787. The van der Waals surface area contributed by atoms with Crippen molar-refractivity contribution in [3.05, 3.63) is 54.1 Å². The van der Waals surface area contributed by atoms with Crippen molar-refractivity contribution in [1.82, 2.24) is 25.3 Å². The molecule has 0 bridgehead atoms. The molecular formula is C16H14FN5O2. The van der Waals surface area contributed by atoms with Crippen molar-refractivity contribution in [2.24, 2.45) is 0 Å². The largest absolute Gasteiger partial charge is 0.378 e. The molecule has 1 saturated heterocycles. The number of H-pyrrole nitrogens is 1. The lowest BCUT2D eigenvalue weighted by molar-refractivity contribution is 0.0865. The van der Waals surface area contributed by atoms with Gasteiger partial charge in [-0.1, -0.05) is 0 Å². The average Bonchev–Trinajstić information content (AvgIpc) is 3.26. The Bertz CT molecular complexity index is 891. The lowest BCUT2D eigenvalue weighted by atomic mass is 9.97. The maximum Gasteiger partial charge on any atom is 0.255 e. The van der Waals surface area contributed by atoms with Gasteiger partial charge in [-0.3, -0.25) is 14.8 Å². The summed E-state index contributed by atoms with van der Waals surface area (Å²) in [7, 11) is 0. The second kappa shape index (κ2) is 5.64. The van der Waals surface area contributed by atoms with E-state index < -0.39 is 17.3 Å². The number of rotatable bonds is 3. The zero-order chi connectivity index (χ0) is 16.6. The highest BCUT2D eigenvalue weighted by molar-refractivity contribution is 5.98. The molecule has 1 aliphatic rings. The Kier molecular flexibility index (Phi) is 3.46. The second-order valence-corrected chi connectivity index (χ2v) is 5.65. The molecule has 7 nitrogen and oxygen atoms in total. The fourth-order valence-electron chi connectivity index (χ4n) is 2.88. The van der Waals surface area contributed by atoms with E-state index in [9.17, 15) is 9.18 Å². The molecule has 2 aromatic heterocycles. The summed E-state index contributed by atoms with van der Waals surface area (Å²) >= 11 is 0. The summed E-state index contributed by atoms with van der Waals surface area (Å²) in [6.07, 6.45) is 6.81. The number of amides is 1. The average molecular weight is 327 g/mol. The summed E-state index contributed by atoms with van der Waals surface area (Å²) in [5.74, 6) is -0.592. The number of ether oxygens (including phenoxy) is 1. The molecule has 4 rings (SSSR count). The molecule has 2 N–H and O–H groups in total. The molecule has 1 aliphatic heterocycles. The lowest BCUT2D eigenvalue weighted by Crippen LogP contribution is -2.47. The van der Waals surface area contributed by atoms with Crippen LogP contribution in [0.25, 0.3) is 11.0 Å². The van der Waals surface area contributed by atoms with Crippen LogP contribution in [0.5, 0.6) is 0 Å². The SMILES string of the molecule is O=C(NC1(c2ncc[nH]2)CCOC1)c1cc2nccnc2cc1F. The van der Waals surface area contributed by atoms with Gasteiger partial charge in [0.2, 0.25) is 0 Å². The molecule has 3 heterocycles. The molecule has 1 fully saturated rings. The molecule has 0 aliphatic carbocycles. The van der Waals surface area contributed by atoms with Crippen LogP contribution in [-0.2, 0) is 10.3 Å². The van der Waals surface area contributed by atoms with Crippen LogP contribution in [0.1, 0.15) is 22.6 Å². The molecule has 122 valence electrons. The van der Waals surface area contributed by atoms with Crippen LogP contribution in [0.4, 0.5) is 4.39 Å². The Morgan fingerprint density at radius 1 is 1.21 bits per heavy atom. The predicted octanol–water partition coefficient (Wildman–Crippen LogP) is 1.54. The van der Waals surface area contributed by atoms with Crippen molar-refractivity contribution in [1.29, 1.82) is 0 Å². The van der Waals surface area contributed by atoms with Gasteiger partial charge in [0.15, 0.2) is 0 Å². The number of carbonyl (C=O) groups excluding carboxylic acids is 1. The molecular weight excluding hydrogens is 313 g/mol. The highest BCUT2D eigenvalue weighted by Crippen LogP contribution is 2.29. The zero-order valence-electron chi connectivity index (χ0n) is 12.6. The van der Waals surface area contributed by atoms with Gasteiger partial charge in [-0.2, -0.15) is 0 Å². The van der Waals surface area contributed by atoms with Gasteiger partial charge in [-0.25, -0.2) is 9.37 Å². The van der Waals surface area contributed by atoms with Crippen LogP contribution in [-0.4, -0.2) is 39.1 Å². The number of benzene rings is 1. The molecule has 0 saturated carbocycles. The summed E-state index contributed by atoms with van der Waals surface area (Å²) < 4.78 is 19.8. The fourth-order valence-corrected chi connectivity index (χ4v) is 2.88. The molecule has 8 heteroatoms. The van der Waals surface area contributed by atoms with E-state index in [1.165, 1.54) is 24.5 Å². The van der Waals surface area contributed by atoms with E-state index in [0.29, 0.717) is 29.9 Å².